The predicted molar refractivity (Wildman–Crippen MR) is 88.5 cm³/mol. The molecular weight excluding hydrogens is 274 g/mol. The van der Waals surface area contributed by atoms with Crippen molar-refractivity contribution >= 4 is 5.91 Å². The number of amides is 1. The van der Waals surface area contributed by atoms with Crippen molar-refractivity contribution in [1.82, 2.24) is 5.32 Å². The lowest BCUT2D eigenvalue weighted by Gasteiger charge is -2.24. The van der Waals surface area contributed by atoms with Gasteiger partial charge in [-0.15, -0.1) is 0 Å². The van der Waals surface area contributed by atoms with Crippen LogP contribution in [0.3, 0.4) is 0 Å². The molecule has 1 unspecified atom stereocenters. The normalized spacial score (nSPS) is 13.4. The fourth-order valence-corrected chi connectivity index (χ4v) is 2.40. The lowest BCUT2D eigenvalue weighted by atomic mass is 9.96. The van der Waals surface area contributed by atoms with Gasteiger partial charge in [0.05, 0.1) is 6.54 Å². The molecule has 1 atom stereocenters. The highest BCUT2D eigenvalue weighted by molar-refractivity contribution is 5.76. The van der Waals surface area contributed by atoms with Crippen LogP contribution >= 0.6 is 0 Å². The van der Waals surface area contributed by atoms with Gasteiger partial charge < -0.3 is 10.4 Å². The first-order valence-corrected chi connectivity index (χ1v) is 7.58. The number of hydrogen-bond donors (Lipinski definition) is 2. The third kappa shape index (κ3) is 4.43. The number of carbonyl (C=O) groups excluding carboxylic acids is 1. The molecule has 0 aromatic heterocycles. The molecule has 3 heteroatoms. The number of aryl methyl sites for hydroxylation is 2. The van der Waals surface area contributed by atoms with E-state index >= 15 is 0 Å². The van der Waals surface area contributed by atoms with Crippen molar-refractivity contribution in [3.63, 3.8) is 0 Å². The molecule has 2 aromatic rings. The van der Waals surface area contributed by atoms with Crippen molar-refractivity contribution in [2.45, 2.75) is 32.3 Å². The summed E-state index contributed by atoms with van der Waals surface area (Å²) in [5.41, 5.74) is 2.13. The Morgan fingerprint density at radius 1 is 1.09 bits per heavy atom. The van der Waals surface area contributed by atoms with E-state index < -0.39 is 5.60 Å². The number of rotatable bonds is 6. The third-order valence-electron chi connectivity index (χ3n) is 3.91. The van der Waals surface area contributed by atoms with Gasteiger partial charge in [0.1, 0.15) is 5.60 Å². The zero-order chi connectivity index (χ0) is 16.0. The molecule has 0 aliphatic heterocycles. The molecule has 0 heterocycles. The van der Waals surface area contributed by atoms with Crippen molar-refractivity contribution in [3.05, 3.63) is 71.3 Å². The molecule has 2 aromatic carbocycles. The van der Waals surface area contributed by atoms with E-state index in [1.54, 1.807) is 6.92 Å². The molecule has 22 heavy (non-hydrogen) atoms. The molecule has 2 rings (SSSR count). The Kier molecular flexibility index (Phi) is 5.34. The molecule has 0 radical (unpaired) electrons. The van der Waals surface area contributed by atoms with Crippen LogP contribution < -0.4 is 5.32 Å². The highest BCUT2D eigenvalue weighted by Crippen LogP contribution is 2.19. The molecule has 0 saturated heterocycles. The van der Waals surface area contributed by atoms with Crippen LogP contribution in [0.5, 0.6) is 0 Å². The Labute approximate surface area is 132 Å². The average Bonchev–Trinajstić information content (AvgIpc) is 2.53. The Morgan fingerprint density at radius 2 is 1.73 bits per heavy atom. The van der Waals surface area contributed by atoms with Crippen LogP contribution in [-0.4, -0.2) is 17.6 Å². The van der Waals surface area contributed by atoms with E-state index in [4.69, 9.17) is 0 Å². The largest absolute Gasteiger partial charge is 0.384 e. The van der Waals surface area contributed by atoms with Crippen molar-refractivity contribution in [3.8, 4) is 0 Å². The van der Waals surface area contributed by atoms with Gasteiger partial charge in [-0.1, -0.05) is 54.6 Å². The fourth-order valence-electron chi connectivity index (χ4n) is 2.40. The van der Waals surface area contributed by atoms with Crippen molar-refractivity contribution < 1.29 is 9.90 Å². The van der Waals surface area contributed by atoms with Crippen LogP contribution in [0, 0.1) is 6.92 Å². The van der Waals surface area contributed by atoms with Crippen molar-refractivity contribution in [2.24, 2.45) is 0 Å². The van der Waals surface area contributed by atoms with Crippen molar-refractivity contribution in [2.75, 3.05) is 6.54 Å². The van der Waals surface area contributed by atoms with E-state index in [0.29, 0.717) is 12.8 Å². The standard InChI is InChI=1S/C19H23NO2/c1-15-8-6-7-9-16(15)12-13-18(21)20-14-19(2,22)17-10-4-3-5-11-17/h3-11,22H,12-14H2,1-2H3,(H,20,21). The number of nitrogens with one attached hydrogen (secondary N) is 1. The summed E-state index contributed by atoms with van der Waals surface area (Å²) in [6.45, 7) is 3.97. The number of aliphatic hydroxyl groups is 1. The smallest absolute Gasteiger partial charge is 0.220 e. The van der Waals surface area contributed by atoms with E-state index in [-0.39, 0.29) is 12.5 Å². The van der Waals surface area contributed by atoms with Gasteiger partial charge in [0.15, 0.2) is 0 Å². The molecule has 1 amide bonds. The maximum atomic E-state index is 12.0. The quantitative estimate of drug-likeness (QED) is 0.861. The lowest BCUT2D eigenvalue weighted by Crippen LogP contribution is -2.38. The molecule has 2 N–H and O–H groups in total. The van der Waals surface area contributed by atoms with E-state index in [2.05, 4.69) is 5.32 Å². The minimum atomic E-state index is -1.06. The molecule has 0 spiro atoms. The van der Waals surface area contributed by atoms with Gasteiger partial charge in [0, 0.05) is 6.42 Å². The van der Waals surface area contributed by atoms with E-state index in [1.807, 2.05) is 61.5 Å². The van der Waals surface area contributed by atoms with Gasteiger partial charge in [0.25, 0.3) is 0 Å². The van der Waals surface area contributed by atoms with Crippen LogP contribution in [0.4, 0.5) is 0 Å². The maximum absolute atomic E-state index is 12.0. The minimum Gasteiger partial charge on any atom is -0.384 e. The Balaban J connectivity index is 1.84. The summed E-state index contributed by atoms with van der Waals surface area (Å²) in [6.07, 6.45) is 1.14. The second-order valence-electron chi connectivity index (χ2n) is 5.84. The summed E-state index contributed by atoms with van der Waals surface area (Å²) in [4.78, 5) is 12.0. The monoisotopic (exact) mass is 297 g/mol. The van der Waals surface area contributed by atoms with Gasteiger partial charge in [-0.05, 0) is 37.0 Å². The minimum absolute atomic E-state index is 0.0422. The van der Waals surface area contributed by atoms with Crippen LogP contribution in [-0.2, 0) is 16.8 Å². The highest BCUT2D eigenvalue weighted by atomic mass is 16.3. The molecule has 116 valence electrons. The van der Waals surface area contributed by atoms with Crippen LogP contribution in [0.2, 0.25) is 0 Å². The maximum Gasteiger partial charge on any atom is 0.220 e. The molecule has 0 fully saturated rings. The van der Waals surface area contributed by atoms with Crippen molar-refractivity contribution in [1.29, 1.82) is 0 Å². The molecule has 3 nitrogen and oxygen atoms in total. The number of carbonyl (C=O) groups is 1. The van der Waals surface area contributed by atoms with Crippen LogP contribution in [0.1, 0.15) is 30.0 Å². The molecule has 0 aliphatic carbocycles. The fraction of sp³-hybridized carbons (Fsp3) is 0.316. The van der Waals surface area contributed by atoms with Crippen LogP contribution in [0.25, 0.3) is 0 Å². The van der Waals surface area contributed by atoms with Gasteiger partial charge in [0.2, 0.25) is 5.91 Å². The van der Waals surface area contributed by atoms with Crippen LogP contribution in [0.15, 0.2) is 54.6 Å². The zero-order valence-electron chi connectivity index (χ0n) is 13.2. The number of benzene rings is 2. The Hall–Kier alpha value is -2.13. The average molecular weight is 297 g/mol. The second kappa shape index (κ2) is 7.23. The summed E-state index contributed by atoms with van der Waals surface area (Å²) in [5.74, 6) is -0.0422. The van der Waals surface area contributed by atoms with Gasteiger partial charge >= 0.3 is 0 Å². The number of hydrogen-bond acceptors (Lipinski definition) is 2. The van der Waals surface area contributed by atoms with Gasteiger partial charge in [-0.3, -0.25) is 4.79 Å². The molecular formula is C19H23NO2. The summed E-state index contributed by atoms with van der Waals surface area (Å²) in [7, 11) is 0. The van der Waals surface area contributed by atoms with E-state index in [9.17, 15) is 9.90 Å². The topological polar surface area (TPSA) is 49.3 Å². The summed E-state index contributed by atoms with van der Waals surface area (Å²) in [6, 6.07) is 17.5. The first-order chi connectivity index (χ1) is 10.5. The second-order valence-corrected chi connectivity index (χ2v) is 5.84. The summed E-state index contributed by atoms with van der Waals surface area (Å²) in [5, 5.41) is 13.3. The predicted octanol–water partition coefficient (Wildman–Crippen LogP) is 2.95. The first-order valence-electron chi connectivity index (χ1n) is 7.58. The summed E-state index contributed by atoms with van der Waals surface area (Å²) < 4.78 is 0. The highest BCUT2D eigenvalue weighted by Gasteiger charge is 2.23. The van der Waals surface area contributed by atoms with E-state index in [0.717, 1.165) is 5.56 Å². The zero-order valence-corrected chi connectivity index (χ0v) is 13.2. The lowest BCUT2D eigenvalue weighted by molar-refractivity contribution is -0.122. The SMILES string of the molecule is Cc1ccccc1CCC(=O)NCC(C)(O)c1ccccc1. The van der Waals surface area contributed by atoms with E-state index in [1.165, 1.54) is 11.1 Å². The van der Waals surface area contributed by atoms with Gasteiger partial charge in [-0.2, -0.15) is 0 Å². The third-order valence-corrected chi connectivity index (χ3v) is 3.91. The molecule has 0 bridgehead atoms. The Morgan fingerprint density at radius 3 is 2.41 bits per heavy atom. The Bertz CT molecular complexity index is 620. The molecule has 0 saturated carbocycles. The molecule has 0 aliphatic rings. The summed E-state index contributed by atoms with van der Waals surface area (Å²) >= 11 is 0. The first kappa shape index (κ1) is 16.2. The van der Waals surface area contributed by atoms with Gasteiger partial charge in [-0.25, -0.2) is 0 Å².